The van der Waals surface area contributed by atoms with Crippen molar-refractivity contribution in [2.24, 2.45) is 5.92 Å². The van der Waals surface area contributed by atoms with E-state index in [1.54, 1.807) is 0 Å². The molecule has 2 N–H and O–H groups in total. The van der Waals surface area contributed by atoms with Crippen molar-refractivity contribution in [3.05, 3.63) is 58.1 Å². The fraction of sp³-hybridized carbons (Fsp3) is 0.350. The third-order valence-electron chi connectivity index (χ3n) is 4.05. The van der Waals surface area contributed by atoms with Gasteiger partial charge >= 0.3 is 6.18 Å². The van der Waals surface area contributed by atoms with E-state index in [-0.39, 0.29) is 22.5 Å². The lowest BCUT2D eigenvalue weighted by Gasteiger charge is -2.24. The zero-order valence-electron chi connectivity index (χ0n) is 15.5. The van der Waals surface area contributed by atoms with Gasteiger partial charge in [-0.2, -0.15) is 13.2 Å². The summed E-state index contributed by atoms with van der Waals surface area (Å²) in [4.78, 5) is 12.7. The van der Waals surface area contributed by atoms with Crippen LogP contribution in [-0.4, -0.2) is 11.9 Å². The van der Waals surface area contributed by atoms with E-state index >= 15 is 0 Å². The largest absolute Gasteiger partial charge is 0.416 e. The molecule has 7 heteroatoms. The minimum atomic E-state index is -4.47. The Morgan fingerprint density at radius 2 is 1.63 bits per heavy atom. The lowest BCUT2D eigenvalue weighted by atomic mass is 10.0. The van der Waals surface area contributed by atoms with Crippen molar-refractivity contribution >= 4 is 28.9 Å². The maximum Gasteiger partial charge on any atom is 0.416 e. The average Bonchev–Trinajstić information content (AvgIpc) is 2.51. The van der Waals surface area contributed by atoms with Crippen molar-refractivity contribution in [3.63, 3.8) is 0 Å². The first-order chi connectivity index (χ1) is 12.5. The van der Waals surface area contributed by atoms with Crippen LogP contribution >= 0.6 is 11.6 Å². The first-order valence-corrected chi connectivity index (χ1v) is 8.87. The molecule has 1 amide bonds. The molecule has 0 heterocycles. The van der Waals surface area contributed by atoms with E-state index in [1.165, 1.54) is 6.07 Å². The second-order valence-electron chi connectivity index (χ2n) is 6.92. The van der Waals surface area contributed by atoms with Gasteiger partial charge in [0, 0.05) is 5.69 Å². The molecule has 0 aliphatic carbocycles. The van der Waals surface area contributed by atoms with Crippen LogP contribution in [0, 0.1) is 19.8 Å². The van der Waals surface area contributed by atoms with Gasteiger partial charge in [0.05, 0.1) is 16.3 Å². The molecule has 2 rings (SSSR count). The first-order valence-electron chi connectivity index (χ1n) is 8.50. The molecule has 0 aliphatic heterocycles. The molecular weight excluding hydrogens is 377 g/mol. The molecule has 0 aliphatic rings. The van der Waals surface area contributed by atoms with Gasteiger partial charge in [-0.05, 0) is 61.2 Å². The molecule has 2 aromatic carbocycles. The monoisotopic (exact) mass is 398 g/mol. The van der Waals surface area contributed by atoms with Crippen LogP contribution in [0.5, 0.6) is 0 Å². The quantitative estimate of drug-likeness (QED) is 0.643. The Morgan fingerprint density at radius 1 is 1.04 bits per heavy atom. The fourth-order valence-electron chi connectivity index (χ4n) is 2.78. The van der Waals surface area contributed by atoms with Crippen LogP contribution in [0.4, 0.5) is 24.5 Å². The van der Waals surface area contributed by atoms with Gasteiger partial charge in [-0.25, -0.2) is 0 Å². The molecule has 0 bridgehead atoms. The van der Waals surface area contributed by atoms with Gasteiger partial charge in [0.1, 0.15) is 6.04 Å². The number of aryl methyl sites for hydroxylation is 2. The number of carbonyl (C=O) groups is 1. The van der Waals surface area contributed by atoms with E-state index in [0.717, 1.165) is 23.3 Å². The van der Waals surface area contributed by atoms with Gasteiger partial charge in [-0.3, -0.25) is 4.79 Å². The number of carbonyl (C=O) groups excluding carboxylic acids is 1. The van der Waals surface area contributed by atoms with E-state index < -0.39 is 17.8 Å². The fourth-order valence-corrected chi connectivity index (χ4v) is 3.01. The summed E-state index contributed by atoms with van der Waals surface area (Å²) in [5.41, 5.74) is 2.15. The Morgan fingerprint density at radius 3 is 2.11 bits per heavy atom. The summed E-state index contributed by atoms with van der Waals surface area (Å²) < 4.78 is 38.3. The highest BCUT2D eigenvalue weighted by Gasteiger charge is 2.31. The van der Waals surface area contributed by atoms with Crippen LogP contribution in [0.1, 0.15) is 30.5 Å². The average molecular weight is 399 g/mol. The minimum Gasteiger partial charge on any atom is -0.372 e. The molecule has 1 unspecified atom stereocenters. The van der Waals surface area contributed by atoms with Crippen LogP contribution in [0.2, 0.25) is 5.02 Å². The topological polar surface area (TPSA) is 41.1 Å². The smallest absolute Gasteiger partial charge is 0.372 e. The molecule has 0 saturated carbocycles. The molecule has 0 fully saturated rings. The highest BCUT2D eigenvalue weighted by Crippen LogP contribution is 2.34. The normalized spacial score (nSPS) is 12.8. The summed E-state index contributed by atoms with van der Waals surface area (Å²) in [5, 5.41) is 5.73. The minimum absolute atomic E-state index is 0.0883. The predicted molar refractivity (Wildman–Crippen MR) is 103 cm³/mol. The van der Waals surface area contributed by atoms with Crippen molar-refractivity contribution in [2.75, 3.05) is 10.6 Å². The Balaban J connectivity index is 2.21. The lowest BCUT2D eigenvalue weighted by Crippen LogP contribution is -2.39. The molecule has 27 heavy (non-hydrogen) atoms. The molecule has 3 nitrogen and oxygen atoms in total. The Hall–Kier alpha value is -2.21. The third-order valence-corrected chi connectivity index (χ3v) is 4.36. The van der Waals surface area contributed by atoms with E-state index in [1.807, 2.05) is 45.9 Å². The second kappa shape index (κ2) is 8.21. The number of rotatable bonds is 5. The van der Waals surface area contributed by atoms with Gasteiger partial charge in [0.2, 0.25) is 5.91 Å². The lowest BCUT2D eigenvalue weighted by molar-refractivity contribution is -0.137. The highest BCUT2D eigenvalue weighted by molar-refractivity contribution is 6.33. The molecule has 1 atom stereocenters. The van der Waals surface area contributed by atoms with Crippen LogP contribution in [0.3, 0.4) is 0 Å². The number of nitrogens with one attached hydrogen (secondary N) is 2. The summed E-state index contributed by atoms with van der Waals surface area (Å²) in [6, 6.07) is 8.07. The van der Waals surface area contributed by atoms with Crippen LogP contribution in [0.15, 0.2) is 36.4 Å². The maximum atomic E-state index is 12.8. The Labute approximate surface area is 161 Å². The van der Waals surface area contributed by atoms with Crippen molar-refractivity contribution in [2.45, 2.75) is 39.9 Å². The number of alkyl halides is 3. The molecule has 2 aromatic rings. The summed E-state index contributed by atoms with van der Waals surface area (Å²) in [7, 11) is 0. The van der Waals surface area contributed by atoms with Crippen molar-refractivity contribution < 1.29 is 18.0 Å². The number of hydrogen-bond acceptors (Lipinski definition) is 2. The van der Waals surface area contributed by atoms with Crippen LogP contribution in [0.25, 0.3) is 0 Å². The zero-order chi connectivity index (χ0) is 20.4. The van der Waals surface area contributed by atoms with E-state index in [2.05, 4.69) is 10.6 Å². The molecule has 0 aromatic heterocycles. The summed E-state index contributed by atoms with van der Waals surface area (Å²) in [6.07, 6.45) is -4.47. The number of hydrogen-bond donors (Lipinski definition) is 2. The predicted octanol–water partition coefficient (Wildman–Crippen LogP) is 6.05. The van der Waals surface area contributed by atoms with E-state index in [4.69, 9.17) is 11.6 Å². The SMILES string of the molecule is Cc1cc(C)cc(NC(=O)C(Nc2ccc(C(F)(F)F)cc2Cl)C(C)C)c1. The zero-order valence-corrected chi connectivity index (χ0v) is 16.3. The molecule has 0 spiro atoms. The number of halogens is 4. The van der Waals surface area contributed by atoms with Crippen molar-refractivity contribution in [1.82, 2.24) is 0 Å². The van der Waals surface area contributed by atoms with E-state index in [0.29, 0.717) is 5.69 Å². The summed E-state index contributed by atoms with van der Waals surface area (Å²) in [5.74, 6) is -0.403. The van der Waals surface area contributed by atoms with Crippen molar-refractivity contribution in [1.29, 1.82) is 0 Å². The molecule has 146 valence electrons. The van der Waals surface area contributed by atoms with Gasteiger partial charge in [0.25, 0.3) is 0 Å². The molecular formula is C20H22ClF3N2O. The van der Waals surface area contributed by atoms with Gasteiger partial charge in [-0.15, -0.1) is 0 Å². The van der Waals surface area contributed by atoms with E-state index in [9.17, 15) is 18.0 Å². The maximum absolute atomic E-state index is 12.8. The third kappa shape index (κ3) is 5.63. The van der Waals surface area contributed by atoms with Gasteiger partial charge in [0.15, 0.2) is 0 Å². The Kier molecular flexibility index (Phi) is 6.42. The summed E-state index contributed by atoms with van der Waals surface area (Å²) >= 11 is 6.00. The number of anilines is 2. The summed E-state index contributed by atoms with van der Waals surface area (Å²) in [6.45, 7) is 7.55. The van der Waals surface area contributed by atoms with Crippen LogP contribution in [-0.2, 0) is 11.0 Å². The molecule has 0 radical (unpaired) electrons. The standard InChI is InChI=1S/C20H22ClF3N2O/c1-11(2)18(19(27)25-15-8-12(3)7-13(4)9-15)26-17-6-5-14(10-16(17)21)20(22,23)24/h5-11,18,26H,1-4H3,(H,25,27). The number of benzene rings is 2. The van der Waals surface area contributed by atoms with Gasteiger partial charge < -0.3 is 10.6 Å². The first kappa shape index (κ1) is 21.1. The van der Waals surface area contributed by atoms with Crippen molar-refractivity contribution in [3.8, 4) is 0 Å². The highest BCUT2D eigenvalue weighted by atomic mass is 35.5. The Bertz CT molecular complexity index is 814. The van der Waals surface area contributed by atoms with Crippen LogP contribution < -0.4 is 10.6 Å². The molecule has 0 saturated heterocycles. The second-order valence-corrected chi connectivity index (χ2v) is 7.33. The van der Waals surface area contributed by atoms with Gasteiger partial charge in [-0.1, -0.05) is 31.5 Å². The number of amides is 1.